The first-order chi connectivity index (χ1) is 8.45. The molecule has 96 valence electrons. The lowest BCUT2D eigenvalue weighted by Gasteiger charge is -2.09. The number of nitrogens with one attached hydrogen (secondary N) is 1. The first-order valence-electron chi connectivity index (χ1n) is 6.34. The van der Waals surface area contributed by atoms with Crippen LogP contribution in [0.3, 0.4) is 0 Å². The molecular weight excluding hydrogens is 226 g/mol. The number of carbonyl (C=O) groups is 1. The van der Waals surface area contributed by atoms with Crippen molar-refractivity contribution >= 4 is 16.9 Å². The molecule has 3 heteroatoms. The van der Waals surface area contributed by atoms with E-state index in [9.17, 15) is 9.90 Å². The first-order valence-corrected chi connectivity index (χ1v) is 6.34. The number of hydrogen-bond donors (Lipinski definition) is 2. The van der Waals surface area contributed by atoms with Crippen LogP contribution in [0.1, 0.15) is 53.9 Å². The lowest BCUT2D eigenvalue weighted by Crippen LogP contribution is -1.99. The van der Waals surface area contributed by atoms with Crippen molar-refractivity contribution in [3.63, 3.8) is 0 Å². The predicted molar refractivity (Wildman–Crippen MR) is 73.5 cm³/mol. The topological polar surface area (TPSA) is 53.1 Å². The molecule has 0 radical (unpaired) electrons. The summed E-state index contributed by atoms with van der Waals surface area (Å²) in [7, 11) is 0. The van der Waals surface area contributed by atoms with Crippen molar-refractivity contribution in [2.75, 3.05) is 0 Å². The highest BCUT2D eigenvalue weighted by molar-refractivity contribution is 5.97. The molecule has 0 bridgehead atoms. The van der Waals surface area contributed by atoms with E-state index in [-0.39, 0.29) is 0 Å². The van der Waals surface area contributed by atoms with Crippen molar-refractivity contribution in [1.82, 2.24) is 4.98 Å². The van der Waals surface area contributed by atoms with E-state index in [1.54, 1.807) is 12.1 Å². The van der Waals surface area contributed by atoms with E-state index in [1.165, 1.54) is 5.56 Å². The summed E-state index contributed by atoms with van der Waals surface area (Å²) in [6.45, 7) is 8.31. The van der Waals surface area contributed by atoms with Crippen molar-refractivity contribution in [1.29, 1.82) is 0 Å². The van der Waals surface area contributed by atoms with Gasteiger partial charge in [-0.2, -0.15) is 0 Å². The van der Waals surface area contributed by atoms with Crippen LogP contribution in [0.25, 0.3) is 10.9 Å². The van der Waals surface area contributed by atoms with Crippen molar-refractivity contribution < 1.29 is 9.90 Å². The van der Waals surface area contributed by atoms with Gasteiger partial charge in [0.05, 0.1) is 5.56 Å². The molecule has 0 atom stereocenters. The Morgan fingerprint density at radius 1 is 1.39 bits per heavy atom. The van der Waals surface area contributed by atoms with E-state index >= 15 is 0 Å². The number of rotatable bonds is 3. The van der Waals surface area contributed by atoms with Crippen LogP contribution in [0.4, 0.5) is 0 Å². The third-order valence-electron chi connectivity index (χ3n) is 3.48. The Bertz CT molecular complexity index is 608. The maximum absolute atomic E-state index is 11.2. The fourth-order valence-electron chi connectivity index (χ4n) is 2.54. The van der Waals surface area contributed by atoms with Gasteiger partial charge in [0.15, 0.2) is 0 Å². The van der Waals surface area contributed by atoms with Crippen LogP contribution < -0.4 is 0 Å². The molecule has 0 amide bonds. The van der Waals surface area contributed by atoms with E-state index in [1.807, 2.05) is 6.92 Å². The Morgan fingerprint density at radius 2 is 2.06 bits per heavy atom. The van der Waals surface area contributed by atoms with Crippen molar-refractivity contribution in [3.8, 4) is 0 Å². The summed E-state index contributed by atoms with van der Waals surface area (Å²) in [5.41, 5.74) is 4.89. The number of benzene rings is 1. The number of carboxylic acids is 1. The highest BCUT2D eigenvalue weighted by Gasteiger charge is 2.16. The van der Waals surface area contributed by atoms with Gasteiger partial charge in [-0.25, -0.2) is 4.79 Å². The van der Waals surface area contributed by atoms with Crippen LogP contribution in [0.5, 0.6) is 0 Å². The van der Waals surface area contributed by atoms with Gasteiger partial charge in [-0.3, -0.25) is 0 Å². The molecule has 2 rings (SSSR count). The zero-order valence-corrected chi connectivity index (χ0v) is 11.3. The van der Waals surface area contributed by atoms with Crippen LogP contribution >= 0.6 is 0 Å². The molecule has 1 heterocycles. The summed E-state index contributed by atoms with van der Waals surface area (Å²) in [6.07, 6.45) is 0.909. The Labute approximate surface area is 107 Å². The summed E-state index contributed by atoms with van der Waals surface area (Å²) >= 11 is 0. The Morgan fingerprint density at radius 3 is 2.56 bits per heavy atom. The number of aromatic amines is 1. The van der Waals surface area contributed by atoms with Gasteiger partial charge < -0.3 is 10.1 Å². The number of hydrogen-bond acceptors (Lipinski definition) is 1. The van der Waals surface area contributed by atoms with Gasteiger partial charge in [0.25, 0.3) is 0 Å². The molecule has 0 spiro atoms. The average Bonchev–Trinajstić information content (AvgIpc) is 2.62. The largest absolute Gasteiger partial charge is 0.478 e. The maximum atomic E-state index is 11.2. The number of fused-ring (bicyclic) bond motifs is 1. The minimum Gasteiger partial charge on any atom is -0.478 e. The van der Waals surface area contributed by atoms with Gasteiger partial charge in [0.1, 0.15) is 0 Å². The SMILES string of the molecule is CCc1c(C)[nH]c2c(C(C)C)cc(C(=O)O)cc12. The number of aromatic carboxylic acids is 1. The molecule has 1 aromatic carbocycles. The number of H-pyrrole nitrogens is 1. The van der Waals surface area contributed by atoms with Gasteiger partial charge in [-0.1, -0.05) is 20.8 Å². The monoisotopic (exact) mass is 245 g/mol. The Kier molecular flexibility index (Phi) is 3.16. The summed E-state index contributed by atoms with van der Waals surface area (Å²) in [5, 5.41) is 10.3. The predicted octanol–water partition coefficient (Wildman–Crippen LogP) is 3.86. The number of aromatic nitrogens is 1. The highest BCUT2D eigenvalue weighted by atomic mass is 16.4. The molecule has 0 saturated carbocycles. The number of aryl methyl sites for hydroxylation is 2. The van der Waals surface area contributed by atoms with Gasteiger partial charge >= 0.3 is 5.97 Å². The highest BCUT2D eigenvalue weighted by Crippen LogP contribution is 2.31. The molecule has 0 aliphatic rings. The quantitative estimate of drug-likeness (QED) is 0.862. The van der Waals surface area contributed by atoms with E-state index < -0.39 is 5.97 Å². The molecule has 0 saturated heterocycles. The Hall–Kier alpha value is -1.77. The fourth-order valence-corrected chi connectivity index (χ4v) is 2.54. The van der Waals surface area contributed by atoms with Crippen LogP contribution in [0, 0.1) is 6.92 Å². The molecule has 2 aromatic rings. The van der Waals surface area contributed by atoms with Crippen molar-refractivity contribution in [3.05, 3.63) is 34.5 Å². The van der Waals surface area contributed by atoms with Gasteiger partial charge in [0.2, 0.25) is 0 Å². The minimum atomic E-state index is -0.861. The van der Waals surface area contributed by atoms with Crippen LogP contribution in [-0.2, 0) is 6.42 Å². The second kappa shape index (κ2) is 4.48. The smallest absolute Gasteiger partial charge is 0.335 e. The molecular formula is C15H19NO2. The molecule has 1 aromatic heterocycles. The molecule has 0 unspecified atom stereocenters. The van der Waals surface area contributed by atoms with E-state index in [2.05, 4.69) is 25.8 Å². The number of carboxylic acid groups (broad SMARTS) is 1. The molecule has 18 heavy (non-hydrogen) atoms. The fraction of sp³-hybridized carbons (Fsp3) is 0.400. The summed E-state index contributed by atoms with van der Waals surface area (Å²) in [5.74, 6) is -0.561. The van der Waals surface area contributed by atoms with Gasteiger partial charge in [0, 0.05) is 16.6 Å². The Balaban J connectivity index is 2.85. The summed E-state index contributed by atoms with van der Waals surface area (Å²) in [6, 6.07) is 3.57. The second-order valence-corrected chi connectivity index (χ2v) is 5.03. The van der Waals surface area contributed by atoms with Crippen LogP contribution in [-0.4, -0.2) is 16.1 Å². The molecule has 0 fully saturated rings. The minimum absolute atomic E-state index is 0.301. The third kappa shape index (κ3) is 1.90. The van der Waals surface area contributed by atoms with Crippen LogP contribution in [0.15, 0.2) is 12.1 Å². The molecule has 0 aliphatic heterocycles. The molecule has 2 N–H and O–H groups in total. The molecule has 3 nitrogen and oxygen atoms in total. The normalized spacial score (nSPS) is 11.4. The standard InChI is InChI=1S/C15H19NO2/c1-5-11-9(4)16-14-12(8(2)3)6-10(15(17)18)7-13(11)14/h6-8,16H,5H2,1-4H3,(H,17,18). The van der Waals surface area contributed by atoms with Gasteiger partial charge in [-0.15, -0.1) is 0 Å². The lowest BCUT2D eigenvalue weighted by molar-refractivity contribution is 0.0697. The zero-order valence-electron chi connectivity index (χ0n) is 11.3. The third-order valence-corrected chi connectivity index (χ3v) is 3.48. The van der Waals surface area contributed by atoms with Crippen LogP contribution in [0.2, 0.25) is 0 Å². The summed E-state index contributed by atoms with van der Waals surface area (Å²) in [4.78, 5) is 14.6. The van der Waals surface area contributed by atoms with E-state index in [0.717, 1.165) is 28.6 Å². The average molecular weight is 245 g/mol. The first kappa shape index (κ1) is 12.7. The summed E-state index contributed by atoms with van der Waals surface area (Å²) < 4.78 is 0. The lowest BCUT2D eigenvalue weighted by atomic mass is 9.96. The van der Waals surface area contributed by atoms with Gasteiger partial charge in [-0.05, 0) is 42.5 Å². The van der Waals surface area contributed by atoms with E-state index in [4.69, 9.17) is 0 Å². The van der Waals surface area contributed by atoms with Crippen molar-refractivity contribution in [2.45, 2.75) is 40.0 Å². The zero-order chi connectivity index (χ0) is 13.4. The van der Waals surface area contributed by atoms with Crippen molar-refractivity contribution in [2.24, 2.45) is 0 Å². The second-order valence-electron chi connectivity index (χ2n) is 5.03. The van der Waals surface area contributed by atoms with E-state index in [0.29, 0.717) is 11.5 Å². The maximum Gasteiger partial charge on any atom is 0.335 e. The molecule has 0 aliphatic carbocycles.